The number of aliphatic imine (C=N–C) groups is 1. The van der Waals surface area contributed by atoms with Gasteiger partial charge in [0.1, 0.15) is 23.3 Å². The average molecular weight is 453 g/mol. The summed E-state index contributed by atoms with van der Waals surface area (Å²) in [5.41, 5.74) is 2.62. The maximum atomic E-state index is 15.1. The van der Waals surface area contributed by atoms with Gasteiger partial charge in [0, 0.05) is 48.9 Å². The zero-order valence-electron chi connectivity index (χ0n) is 18.9. The summed E-state index contributed by atoms with van der Waals surface area (Å²) in [5, 5.41) is 6.54. The Bertz CT molecular complexity index is 1210. The normalized spacial score (nSPS) is 19.7. The second-order valence-electron chi connectivity index (χ2n) is 8.79. The molecular weight excluding hydrogens is 426 g/mol. The number of hydrogen-bond acceptors (Lipinski definition) is 7. The maximum Gasteiger partial charge on any atom is 0.326 e. The van der Waals surface area contributed by atoms with Crippen LogP contribution in [0.3, 0.4) is 0 Å². The van der Waals surface area contributed by atoms with E-state index in [0.29, 0.717) is 36.0 Å². The highest BCUT2D eigenvalue weighted by Crippen LogP contribution is 2.36. The molecule has 5 rings (SSSR count). The Labute approximate surface area is 191 Å². The predicted molar refractivity (Wildman–Crippen MR) is 125 cm³/mol. The number of nitrogens with one attached hydrogen (secondary N) is 2. The van der Waals surface area contributed by atoms with E-state index >= 15 is 4.39 Å². The minimum atomic E-state index is -0.610. The molecule has 1 fully saturated rings. The van der Waals surface area contributed by atoms with Crippen molar-refractivity contribution in [1.29, 1.82) is 0 Å². The van der Waals surface area contributed by atoms with Gasteiger partial charge in [0.25, 0.3) is 0 Å². The van der Waals surface area contributed by atoms with Crippen LogP contribution in [0.2, 0.25) is 0 Å². The molecule has 1 unspecified atom stereocenters. The molecule has 1 aromatic heterocycles. The highest BCUT2D eigenvalue weighted by molar-refractivity contribution is 6.05. The third kappa shape index (κ3) is 4.32. The van der Waals surface area contributed by atoms with E-state index in [9.17, 15) is 4.39 Å². The fourth-order valence-corrected chi connectivity index (χ4v) is 4.33. The Morgan fingerprint density at radius 2 is 2.00 bits per heavy atom. The van der Waals surface area contributed by atoms with Gasteiger partial charge < -0.3 is 20.3 Å². The van der Waals surface area contributed by atoms with Crippen LogP contribution in [0.25, 0.3) is 6.08 Å². The van der Waals surface area contributed by atoms with Gasteiger partial charge in [-0.15, -0.1) is 0 Å². The SMILES string of the molecule is CC1=CC(Nc2cc(N3CCNCC3C)nc(Oc3cc(F)c4c(c3F)C=C(C)C4)n2)=NC1. The van der Waals surface area contributed by atoms with Crippen LogP contribution in [0.15, 0.2) is 34.3 Å². The van der Waals surface area contributed by atoms with Gasteiger partial charge in [-0.25, -0.2) is 8.78 Å². The first-order valence-corrected chi connectivity index (χ1v) is 11.1. The van der Waals surface area contributed by atoms with Crippen LogP contribution in [0, 0.1) is 11.6 Å². The van der Waals surface area contributed by atoms with Crippen molar-refractivity contribution >= 4 is 23.5 Å². The van der Waals surface area contributed by atoms with Crippen molar-refractivity contribution in [2.45, 2.75) is 33.2 Å². The van der Waals surface area contributed by atoms with Crippen LogP contribution < -0.4 is 20.3 Å². The van der Waals surface area contributed by atoms with Crippen LogP contribution in [-0.2, 0) is 6.42 Å². The molecule has 2 aromatic rings. The van der Waals surface area contributed by atoms with E-state index in [1.807, 2.05) is 26.0 Å². The number of amidine groups is 1. The quantitative estimate of drug-likeness (QED) is 0.729. The Balaban J connectivity index is 1.51. The first-order valence-electron chi connectivity index (χ1n) is 11.1. The van der Waals surface area contributed by atoms with Crippen LogP contribution >= 0.6 is 0 Å². The number of rotatable bonds is 4. The van der Waals surface area contributed by atoms with E-state index in [1.54, 1.807) is 6.08 Å². The molecule has 9 heteroatoms. The van der Waals surface area contributed by atoms with Gasteiger partial charge in [0.05, 0.1) is 6.54 Å². The fourth-order valence-electron chi connectivity index (χ4n) is 4.33. The highest BCUT2D eigenvalue weighted by atomic mass is 19.1. The van der Waals surface area contributed by atoms with Crippen LogP contribution in [-0.4, -0.2) is 48.0 Å². The molecule has 0 bridgehead atoms. The van der Waals surface area contributed by atoms with Gasteiger partial charge in [0.15, 0.2) is 11.6 Å². The summed E-state index contributed by atoms with van der Waals surface area (Å²) in [4.78, 5) is 15.5. The Hall–Kier alpha value is -3.33. The molecule has 0 saturated carbocycles. The highest BCUT2D eigenvalue weighted by Gasteiger charge is 2.25. The van der Waals surface area contributed by atoms with Crippen LogP contribution in [0.5, 0.6) is 11.8 Å². The summed E-state index contributed by atoms with van der Waals surface area (Å²) in [6.07, 6.45) is 3.99. The van der Waals surface area contributed by atoms with Crippen molar-refractivity contribution in [3.05, 3.63) is 52.1 Å². The van der Waals surface area contributed by atoms with Crippen molar-refractivity contribution in [3.8, 4) is 11.8 Å². The molecule has 0 radical (unpaired) electrons. The molecule has 1 saturated heterocycles. The second-order valence-corrected chi connectivity index (χ2v) is 8.79. The molecular formula is C24H26F2N6O. The molecule has 1 aliphatic carbocycles. The smallest absolute Gasteiger partial charge is 0.326 e. The van der Waals surface area contributed by atoms with Gasteiger partial charge in [-0.05, 0) is 38.8 Å². The molecule has 0 amide bonds. The lowest BCUT2D eigenvalue weighted by molar-refractivity contribution is 0.404. The van der Waals surface area contributed by atoms with E-state index in [0.717, 1.165) is 36.8 Å². The number of piperazine rings is 1. The summed E-state index contributed by atoms with van der Waals surface area (Å²) in [7, 11) is 0. The van der Waals surface area contributed by atoms with E-state index < -0.39 is 11.6 Å². The number of fused-ring (bicyclic) bond motifs is 1. The molecule has 33 heavy (non-hydrogen) atoms. The lowest BCUT2D eigenvalue weighted by Crippen LogP contribution is -2.50. The zero-order chi connectivity index (χ0) is 23.1. The van der Waals surface area contributed by atoms with Gasteiger partial charge in [-0.2, -0.15) is 9.97 Å². The van der Waals surface area contributed by atoms with Crippen molar-refractivity contribution < 1.29 is 13.5 Å². The summed E-state index contributed by atoms with van der Waals surface area (Å²) in [5.74, 6) is 0.466. The molecule has 2 N–H and O–H groups in total. The van der Waals surface area contributed by atoms with Crippen molar-refractivity contribution in [1.82, 2.24) is 15.3 Å². The third-order valence-electron chi connectivity index (χ3n) is 6.00. The standard InChI is InChI=1S/C24H26F2N6O/c1-13-6-16-17(7-13)23(26)19(9-18(16)25)33-24-30-21(29-20-8-14(2)11-28-20)10-22(31-24)32-5-4-27-12-15(32)3/h7-10,15,27H,4-6,11-12H2,1-3H3,(H,28,29,30,31). The van der Waals surface area contributed by atoms with Crippen molar-refractivity contribution in [3.63, 3.8) is 0 Å². The molecule has 3 aliphatic rings. The van der Waals surface area contributed by atoms with Crippen LogP contribution in [0.4, 0.5) is 20.4 Å². The summed E-state index contributed by atoms with van der Waals surface area (Å²) in [6.45, 7) is 8.96. The molecule has 7 nitrogen and oxygen atoms in total. The summed E-state index contributed by atoms with van der Waals surface area (Å²) < 4.78 is 35.5. The van der Waals surface area contributed by atoms with Crippen molar-refractivity contribution in [2.24, 2.45) is 4.99 Å². The lowest BCUT2D eigenvalue weighted by Gasteiger charge is -2.35. The zero-order valence-corrected chi connectivity index (χ0v) is 18.9. The number of benzene rings is 1. The van der Waals surface area contributed by atoms with E-state index in [4.69, 9.17) is 4.74 Å². The number of allylic oxidation sites excluding steroid dienone is 1. The van der Waals surface area contributed by atoms with Crippen LogP contribution in [0.1, 0.15) is 31.9 Å². The second kappa shape index (κ2) is 8.55. The van der Waals surface area contributed by atoms with Gasteiger partial charge in [-0.3, -0.25) is 4.99 Å². The molecule has 0 spiro atoms. The Morgan fingerprint density at radius 1 is 1.15 bits per heavy atom. The monoisotopic (exact) mass is 452 g/mol. The first-order chi connectivity index (χ1) is 15.9. The lowest BCUT2D eigenvalue weighted by atomic mass is 10.1. The summed E-state index contributed by atoms with van der Waals surface area (Å²) >= 11 is 0. The first kappa shape index (κ1) is 21.5. The predicted octanol–water partition coefficient (Wildman–Crippen LogP) is 4.07. The molecule has 1 aromatic carbocycles. The molecule has 2 aliphatic heterocycles. The van der Waals surface area contributed by atoms with E-state index in [-0.39, 0.29) is 23.4 Å². The number of halogens is 2. The van der Waals surface area contributed by atoms with Gasteiger partial charge in [0.2, 0.25) is 0 Å². The van der Waals surface area contributed by atoms with E-state index in [1.165, 1.54) is 0 Å². The van der Waals surface area contributed by atoms with Gasteiger partial charge in [-0.1, -0.05) is 11.6 Å². The number of anilines is 2. The number of ether oxygens (including phenoxy) is 1. The third-order valence-corrected chi connectivity index (χ3v) is 6.00. The molecule has 1 atom stereocenters. The minimum absolute atomic E-state index is 0.0584. The topological polar surface area (TPSA) is 74.7 Å². The number of hydrogen-bond donors (Lipinski definition) is 2. The molecule has 3 heterocycles. The molecule has 172 valence electrons. The van der Waals surface area contributed by atoms with Crippen molar-refractivity contribution in [2.75, 3.05) is 36.4 Å². The fraction of sp³-hybridized carbons (Fsp3) is 0.375. The Morgan fingerprint density at radius 3 is 2.76 bits per heavy atom. The van der Waals surface area contributed by atoms with Gasteiger partial charge >= 0.3 is 6.01 Å². The Kier molecular flexibility index (Phi) is 5.57. The number of aromatic nitrogens is 2. The average Bonchev–Trinajstić information content (AvgIpc) is 3.37. The maximum absolute atomic E-state index is 15.1. The largest absolute Gasteiger partial charge is 0.421 e. The summed E-state index contributed by atoms with van der Waals surface area (Å²) in [6, 6.07) is 3.04. The minimum Gasteiger partial charge on any atom is -0.421 e. The van der Waals surface area contributed by atoms with E-state index in [2.05, 4.69) is 37.4 Å². The number of nitrogens with zero attached hydrogens (tertiary/aromatic N) is 4.